The molecule has 21 heavy (non-hydrogen) atoms. The van der Waals surface area contributed by atoms with E-state index >= 15 is 0 Å². The van der Waals surface area contributed by atoms with Crippen molar-refractivity contribution in [3.8, 4) is 0 Å². The third-order valence-corrected chi connectivity index (χ3v) is 5.13. The van der Waals surface area contributed by atoms with Gasteiger partial charge in [0.1, 0.15) is 0 Å². The Morgan fingerprint density at radius 3 is 3.10 bits per heavy atom. The Labute approximate surface area is 131 Å². The first-order valence-electron chi connectivity index (χ1n) is 7.95. The minimum Gasteiger partial charge on any atom is -0.348 e. The molecule has 0 aromatic carbocycles. The predicted octanol–water partition coefficient (Wildman–Crippen LogP) is 2.25. The molecule has 1 aromatic heterocycles. The van der Waals surface area contributed by atoms with E-state index in [0.29, 0.717) is 12.5 Å². The summed E-state index contributed by atoms with van der Waals surface area (Å²) in [5.41, 5.74) is 0. The molecule has 0 radical (unpaired) electrons. The highest BCUT2D eigenvalue weighted by Gasteiger charge is 2.18. The van der Waals surface area contributed by atoms with Crippen molar-refractivity contribution in [2.24, 2.45) is 5.92 Å². The number of rotatable bonds is 7. The lowest BCUT2D eigenvalue weighted by Crippen LogP contribution is -2.43. The maximum Gasteiger partial charge on any atom is 0.234 e. The molecule has 5 heteroatoms. The average Bonchev–Trinajstić information content (AvgIpc) is 3.02. The van der Waals surface area contributed by atoms with Crippen LogP contribution < -0.4 is 10.6 Å². The molecule has 0 saturated carbocycles. The Kier molecular flexibility index (Phi) is 6.67. The minimum absolute atomic E-state index is 0.104. The molecule has 1 aliphatic rings. The van der Waals surface area contributed by atoms with Gasteiger partial charge in [-0.15, -0.1) is 11.3 Å². The van der Waals surface area contributed by atoms with Crippen LogP contribution in [0.3, 0.4) is 0 Å². The second-order valence-electron chi connectivity index (χ2n) is 5.84. The van der Waals surface area contributed by atoms with Crippen molar-refractivity contribution in [2.75, 3.05) is 32.7 Å². The normalized spacial score (nSPS) is 20.4. The quantitative estimate of drug-likeness (QED) is 0.812. The molecular formula is C16H27N3OS. The molecule has 1 aliphatic heterocycles. The summed E-state index contributed by atoms with van der Waals surface area (Å²) < 4.78 is 0. The Morgan fingerprint density at radius 2 is 2.48 bits per heavy atom. The van der Waals surface area contributed by atoms with Crippen LogP contribution in [-0.4, -0.2) is 43.5 Å². The van der Waals surface area contributed by atoms with Crippen LogP contribution in [0.1, 0.15) is 37.6 Å². The largest absolute Gasteiger partial charge is 0.348 e. The van der Waals surface area contributed by atoms with Gasteiger partial charge in [0, 0.05) is 11.4 Å². The second-order valence-corrected chi connectivity index (χ2v) is 6.82. The van der Waals surface area contributed by atoms with Gasteiger partial charge in [-0.3, -0.25) is 9.69 Å². The van der Waals surface area contributed by atoms with Crippen LogP contribution >= 0.6 is 11.3 Å². The van der Waals surface area contributed by atoms with E-state index in [9.17, 15) is 4.79 Å². The van der Waals surface area contributed by atoms with Crippen molar-refractivity contribution < 1.29 is 4.79 Å². The zero-order valence-corrected chi connectivity index (χ0v) is 13.9. The number of carbonyl (C=O) groups excluding carboxylic acids is 1. The van der Waals surface area contributed by atoms with Crippen LogP contribution in [0.15, 0.2) is 17.5 Å². The fraction of sp³-hybridized carbons (Fsp3) is 0.688. The van der Waals surface area contributed by atoms with Gasteiger partial charge in [0.25, 0.3) is 0 Å². The topological polar surface area (TPSA) is 44.4 Å². The molecule has 4 nitrogen and oxygen atoms in total. The van der Waals surface area contributed by atoms with Gasteiger partial charge in [0.2, 0.25) is 5.91 Å². The van der Waals surface area contributed by atoms with E-state index in [1.807, 2.05) is 18.4 Å². The Balaban J connectivity index is 1.76. The Bertz CT molecular complexity index is 415. The monoisotopic (exact) mass is 309 g/mol. The van der Waals surface area contributed by atoms with Gasteiger partial charge in [-0.05, 0) is 56.8 Å². The number of thiophene rings is 1. The molecule has 2 heterocycles. The number of nitrogens with one attached hydrogen (secondary N) is 2. The summed E-state index contributed by atoms with van der Waals surface area (Å²) in [5, 5.41) is 8.59. The first-order chi connectivity index (χ1) is 10.2. The summed E-state index contributed by atoms with van der Waals surface area (Å²) >= 11 is 1.69. The lowest BCUT2D eigenvalue weighted by atomic mass is 9.99. The first-order valence-corrected chi connectivity index (χ1v) is 8.82. The summed E-state index contributed by atoms with van der Waals surface area (Å²) in [6.45, 7) is 8.85. The number of piperidine rings is 1. The summed E-state index contributed by atoms with van der Waals surface area (Å²) in [7, 11) is 0. The third kappa shape index (κ3) is 5.41. The highest BCUT2D eigenvalue weighted by atomic mass is 32.1. The smallest absolute Gasteiger partial charge is 0.234 e. The fourth-order valence-electron chi connectivity index (χ4n) is 2.85. The van der Waals surface area contributed by atoms with E-state index in [-0.39, 0.29) is 11.9 Å². The van der Waals surface area contributed by atoms with Gasteiger partial charge in [0.15, 0.2) is 0 Å². The van der Waals surface area contributed by atoms with Crippen LogP contribution in [0, 0.1) is 5.92 Å². The standard InChI is InChI=1S/C16H27N3OS/c1-3-19(11-14-6-4-8-17-10-14)12-16(20)18-13(2)15-7-5-9-21-15/h5,7,9,13-14,17H,3-4,6,8,10-12H2,1-2H3,(H,18,20). The number of carbonyl (C=O) groups is 1. The van der Waals surface area contributed by atoms with E-state index in [1.54, 1.807) is 11.3 Å². The molecule has 1 aromatic rings. The van der Waals surface area contributed by atoms with Crippen LogP contribution in [-0.2, 0) is 4.79 Å². The van der Waals surface area contributed by atoms with Crippen molar-refractivity contribution >= 4 is 17.2 Å². The van der Waals surface area contributed by atoms with Crippen LogP contribution in [0.25, 0.3) is 0 Å². The van der Waals surface area contributed by atoms with Gasteiger partial charge >= 0.3 is 0 Å². The number of hydrogen-bond acceptors (Lipinski definition) is 4. The summed E-state index contributed by atoms with van der Waals surface area (Å²) in [6.07, 6.45) is 2.53. The van der Waals surface area contributed by atoms with E-state index in [0.717, 1.165) is 26.2 Å². The molecular weight excluding hydrogens is 282 g/mol. The molecule has 2 atom stereocenters. The maximum atomic E-state index is 12.2. The molecule has 1 fully saturated rings. The average molecular weight is 309 g/mol. The van der Waals surface area contributed by atoms with Crippen molar-refractivity contribution in [1.29, 1.82) is 0 Å². The lowest BCUT2D eigenvalue weighted by Gasteiger charge is -2.29. The second kappa shape index (κ2) is 8.51. The zero-order valence-electron chi connectivity index (χ0n) is 13.1. The van der Waals surface area contributed by atoms with Crippen LogP contribution in [0.4, 0.5) is 0 Å². The van der Waals surface area contributed by atoms with Crippen molar-refractivity contribution in [2.45, 2.75) is 32.7 Å². The zero-order chi connectivity index (χ0) is 15.1. The molecule has 0 spiro atoms. The Hall–Kier alpha value is -0.910. The highest BCUT2D eigenvalue weighted by molar-refractivity contribution is 7.10. The maximum absolute atomic E-state index is 12.2. The van der Waals surface area contributed by atoms with Crippen LogP contribution in [0.2, 0.25) is 0 Å². The van der Waals surface area contributed by atoms with E-state index in [2.05, 4.69) is 28.5 Å². The minimum atomic E-state index is 0.104. The van der Waals surface area contributed by atoms with Gasteiger partial charge in [-0.1, -0.05) is 13.0 Å². The summed E-state index contributed by atoms with van der Waals surface area (Å²) in [6, 6.07) is 4.20. The lowest BCUT2D eigenvalue weighted by molar-refractivity contribution is -0.123. The molecule has 2 rings (SSSR count). The molecule has 0 bridgehead atoms. The summed E-state index contributed by atoms with van der Waals surface area (Å²) in [4.78, 5) is 15.7. The van der Waals surface area contributed by atoms with E-state index in [4.69, 9.17) is 0 Å². The summed E-state index contributed by atoms with van der Waals surface area (Å²) in [5.74, 6) is 0.808. The van der Waals surface area contributed by atoms with Crippen molar-refractivity contribution in [3.05, 3.63) is 22.4 Å². The fourth-order valence-corrected chi connectivity index (χ4v) is 3.58. The Morgan fingerprint density at radius 1 is 1.62 bits per heavy atom. The number of hydrogen-bond donors (Lipinski definition) is 2. The molecule has 2 N–H and O–H groups in total. The van der Waals surface area contributed by atoms with Gasteiger partial charge in [0.05, 0.1) is 12.6 Å². The van der Waals surface area contributed by atoms with Gasteiger partial charge in [-0.25, -0.2) is 0 Å². The molecule has 1 saturated heterocycles. The van der Waals surface area contributed by atoms with E-state index < -0.39 is 0 Å². The van der Waals surface area contributed by atoms with Gasteiger partial charge < -0.3 is 10.6 Å². The predicted molar refractivity (Wildman–Crippen MR) is 88.6 cm³/mol. The number of likely N-dealkylation sites (N-methyl/N-ethyl adjacent to an activating group) is 1. The van der Waals surface area contributed by atoms with Crippen molar-refractivity contribution in [1.82, 2.24) is 15.5 Å². The SMILES string of the molecule is CCN(CC(=O)NC(C)c1cccs1)CC1CCCNC1. The van der Waals surface area contributed by atoms with E-state index in [1.165, 1.54) is 17.7 Å². The number of amides is 1. The van der Waals surface area contributed by atoms with Crippen molar-refractivity contribution in [3.63, 3.8) is 0 Å². The highest BCUT2D eigenvalue weighted by Crippen LogP contribution is 2.18. The third-order valence-electron chi connectivity index (χ3n) is 4.08. The molecule has 2 unspecified atom stereocenters. The number of nitrogens with zero attached hydrogens (tertiary/aromatic N) is 1. The van der Waals surface area contributed by atoms with Crippen LogP contribution in [0.5, 0.6) is 0 Å². The first kappa shape index (κ1) is 16.5. The molecule has 1 amide bonds. The molecule has 0 aliphatic carbocycles. The molecule has 118 valence electrons. The van der Waals surface area contributed by atoms with Gasteiger partial charge in [-0.2, -0.15) is 0 Å².